The molecule has 1 saturated heterocycles. The fourth-order valence-electron chi connectivity index (χ4n) is 3.42. The second-order valence-electron chi connectivity index (χ2n) is 6.80. The van der Waals surface area contributed by atoms with E-state index in [-0.39, 0.29) is 36.5 Å². The van der Waals surface area contributed by atoms with Gasteiger partial charge in [0.05, 0.1) is 12.0 Å². The molecule has 0 radical (unpaired) electrons. The molecule has 3 rings (SSSR count). The van der Waals surface area contributed by atoms with Crippen molar-refractivity contribution >= 4 is 30.7 Å². The number of amides is 1. The van der Waals surface area contributed by atoms with E-state index in [1.807, 2.05) is 6.07 Å². The predicted molar refractivity (Wildman–Crippen MR) is 109 cm³/mol. The summed E-state index contributed by atoms with van der Waals surface area (Å²) >= 11 is 0. The second kappa shape index (κ2) is 11.3. The molecule has 8 heteroatoms. The average Bonchev–Trinajstić information content (AvgIpc) is 3.15. The molecule has 0 bridgehead atoms. The molecule has 27 heavy (non-hydrogen) atoms. The van der Waals surface area contributed by atoms with Crippen molar-refractivity contribution < 1.29 is 9.18 Å². The monoisotopic (exact) mass is 416 g/mol. The van der Waals surface area contributed by atoms with E-state index < -0.39 is 0 Å². The fourth-order valence-corrected chi connectivity index (χ4v) is 3.42. The van der Waals surface area contributed by atoms with E-state index in [0.717, 1.165) is 31.5 Å². The zero-order chi connectivity index (χ0) is 17.6. The summed E-state index contributed by atoms with van der Waals surface area (Å²) in [7, 11) is 0. The number of carbonyl (C=O) groups excluding carboxylic acids is 1. The summed E-state index contributed by atoms with van der Waals surface area (Å²) in [5, 5.41) is 6.26. The Morgan fingerprint density at radius 2 is 2.11 bits per heavy atom. The first-order valence-corrected chi connectivity index (χ1v) is 8.87. The van der Waals surface area contributed by atoms with Crippen LogP contribution in [0.25, 0.3) is 5.69 Å². The highest BCUT2D eigenvalue weighted by Crippen LogP contribution is 2.24. The van der Waals surface area contributed by atoms with Gasteiger partial charge in [0.25, 0.3) is 0 Å². The van der Waals surface area contributed by atoms with E-state index in [1.54, 1.807) is 29.4 Å². The first kappa shape index (κ1) is 23.4. The lowest BCUT2D eigenvalue weighted by Crippen LogP contribution is -2.33. The minimum Gasteiger partial charge on any atom is -0.352 e. The molecule has 0 spiro atoms. The largest absolute Gasteiger partial charge is 0.352 e. The van der Waals surface area contributed by atoms with Crippen LogP contribution in [0.2, 0.25) is 0 Å². The molecule has 150 valence electrons. The first-order valence-electron chi connectivity index (χ1n) is 8.87. The lowest BCUT2D eigenvalue weighted by atomic mass is 9.84. The number of hydrogen-bond donors (Lipinski definition) is 2. The fraction of sp³-hybridized carbons (Fsp3) is 0.474. The van der Waals surface area contributed by atoms with Crippen LogP contribution in [0.5, 0.6) is 0 Å². The minimum atomic E-state index is -0.326. The van der Waals surface area contributed by atoms with Crippen molar-refractivity contribution in [3.63, 3.8) is 0 Å². The van der Waals surface area contributed by atoms with E-state index in [1.165, 1.54) is 6.07 Å². The molecule has 1 aromatic carbocycles. The molecule has 1 amide bonds. The van der Waals surface area contributed by atoms with Crippen molar-refractivity contribution in [2.45, 2.75) is 32.7 Å². The molecule has 1 aromatic heterocycles. The van der Waals surface area contributed by atoms with Gasteiger partial charge in [0.1, 0.15) is 5.82 Å². The third kappa shape index (κ3) is 6.48. The number of piperidine rings is 1. The van der Waals surface area contributed by atoms with Crippen LogP contribution in [0, 0.1) is 17.7 Å². The summed E-state index contributed by atoms with van der Waals surface area (Å²) in [6.07, 6.45) is 7.66. The summed E-state index contributed by atoms with van der Waals surface area (Å²) < 4.78 is 15.8. The van der Waals surface area contributed by atoms with E-state index in [2.05, 4.69) is 22.5 Å². The predicted octanol–water partition coefficient (Wildman–Crippen LogP) is 3.50. The zero-order valence-electron chi connectivity index (χ0n) is 15.4. The number of nitrogens with zero attached hydrogens (tertiary/aromatic N) is 2. The van der Waals surface area contributed by atoms with Gasteiger partial charge in [-0.15, -0.1) is 24.8 Å². The molecule has 1 unspecified atom stereocenters. The Balaban J connectivity index is 0.00000182. The highest BCUT2D eigenvalue weighted by molar-refractivity contribution is 5.85. The standard InChI is InChI=1S/C19H25FN4O.2ClH/c1-14(16-4-6-21-7-5-16)10-19(25)23-12-15-2-3-18(17(20)11-15)24-9-8-22-13-24;;/h2-3,8-9,11,13-14,16,21H,4-7,10,12H2,1H3,(H,23,25);2*1H. The number of halogens is 3. The van der Waals surface area contributed by atoms with E-state index in [4.69, 9.17) is 0 Å². The summed E-state index contributed by atoms with van der Waals surface area (Å²) in [5.74, 6) is 0.694. The molecular formula is C19H27Cl2FN4O. The van der Waals surface area contributed by atoms with Gasteiger partial charge in [-0.05, 0) is 55.5 Å². The number of aromatic nitrogens is 2. The van der Waals surface area contributed by atoms with Crippen LogP contribution in [0.15, 0.2) is 36.9 Å². The Labute approximate surface area is 172 Å². The van der Waals surface area contributed by atoms with Gasteiger partial charge in [-0.1, -0.05) is 13.0 Å². The highest BCUT2D eigenvalue weighted by atomic mass is 35.5. The molecule has 1 atom stereocenters. The minimum absolute atomic E-state index is 0. The van der Waals surface area contributed by atoms with Crippen LogP contribution >= 0.6 is 24.8 Å². The van der Waals surface area contributed by atoms with E-state index in [9.17, 15) is 9.18 Å². The van der Waals surface area contributed by atoms with Crippen LogP contribution in [-0.4, -0.2) is 28.5 Å². The molecule has 0 aliphatic carbocycles. The van der Waals surface area contributed by atoms with Crippen molar-refractivity contribution in [2.75, 3.05) is 13.1 Å². The van der Waals surface area contributed by atoms with E-state index >= 15 is 0 Å². The summed E-state index contributed by atoms with van der Waals surface area (Å²) in [6.45, 7) is 4.58. The van der Waals surface area contributed by atoms with Gasteiger partial charge in [0.2, 0.25) is 5.91 Å². The topological polar surface area (TPSA) is 59.0 Å². The molecule has 5 nitrogen and oxygen atoms in total. The number of carbonyl (C=O) groups is 1. The van der Waals surface area contributed by atoms with Crippen molar-refractivity contribution in [1.29, 1.82) is 0 Å². The SMILES string of the molecule is CC(CC(=O)NCc1ccc(-n2ccnc2)c(F)c1)C1CCNCC1.Cl.Cl. The van der Waals surface area contributed by atoms with E-state index in [0.29, 0.717) is 30.5 Å². The Kier molecular flexibility index (Phi) is 9.77. The van der Waals surface area contributed by atoms with Gasteiger partial charge in [-0.25, -0.2) is 9.37 Å². The third-order valence-electron chi connectivity index (χ3n) is 4.98. The van der Waals surface area contributed by atoms with Crippen LogP contribution in [0.4, 0.5) is 4.39 Å². The Hall–Kier alpha value is -1.63. The maximum absolute atomic E-state index is 14.2. The van der Waals surface area contributed by atoms with Gasteiger partial charge in [0.15, 0.2) is 0 Å². The summed E-state index contributed by atoms with van der Waals surface area (Å²) in [4.78, 5) is 16.1. The van der Waals surface area contributed by atoms with Crippen LogP contribution in [0.3, 0.4) is 0 Å². The third-order valence-corrected chi connectivity index (χ3v) is 4.98. The number of rotatable bonds is 6. The molecule has 2 heterocycles. The highest BCUT2D eigenvalue weighted by Gasteiger charge is 2.21. The van der Waals surface area contributed by atoms with Crippen LogP contribution in [-0.2, 0) is 11.3 Å². The smallest absolute Gasteiger partial charge is 0.220 e. The van der Waals surface area contributed by atoms with Crippen molar-refractivity contribution in [1.82, 2.24) is 20.2 Å². The average molecular weight is 417 g/mol. The molecule has 2 aromatic rings. The van der Waals surface area contributed by atoms with Crippen molar-refractivity contribution in [3.05, 3.63) is 48.3 Å². The van der Waals surface area contributed by atoms with Crippen molar-refractivity contribution in [3.8, 4) is 5.69 Å². The lowest BCUT2D eigenvalue weighted by molar-refractivity contribution is -0.122. The maximum atomic E-state index is 14.2. The van der Waals surface area contributed by atoms with Gasteiger partial charge in [-0.2, -0.15) is 0 Å². The quantitative estimate of drug-likeness (QED) is 0.757. The second-order valence-corrected chi connectivity index (χ2v) is 6.80. The molecule has 1 fully saturated rings. The normalized spacial score (nSPS) is 15.3. The summed E-state index contributed by atoms with van der Waals surface area (Å²) in [5.41, 5.74) is 1.20. The Bertz CT molecular complexity index is 706. The number of benzene rings is 1. The molecule has 2 N–H and O–H groups in total. The summed E-state index contributed by atoms with van der Waals surface area (Å²) in [6, 6.07) is 5.00. The van der Waals surface area contributed by atoms with Gasteiger partial charge in [-0.3, -0.25) is 4.79 Å². The molecule has 0 saturated carbocycles. The number of hydrogen-bond acceptors (Lipinski definition) is 3. The van der Waals surface area contributed by atoms with Gasteiger partial charge >= 0.3 is 0 Å². The Morgan fingerprint density at radius 1 is 1.37 bits per heavy atom. The number of imidazole rings is 1. The van der Waals surface area contributed by atoms with Crippen molar-refractivity contribution in [2.24, 2.45) is 11.8 Å². The number of nitrogens with one attached hydrogen (secondary N) is 2. The van der Waals surface area contributed by atoms with Crippen LogP contribution < -0.4 is 10.6 Å². The molecular weight excluding hydrogens is 390 g/mol. The van der Waals surface area contributed by atoms with Gasteiger partial charge in [0, 0.05) is 25.4 Å². The lowest BCUT2D eigenvalue weighted by Gasteiger charge is -2.27. The Morgan fingerprint density at radius 3 is 2.74 bits per heavy atom. The molecule has 1 aliphatic rings. The zero-order valence-corrected chi connectivity index (χ0v) is 17.0. The van der Waals surface area contributed by atoms with Crippen LogP contribution in [0.1, 0.15) is 31.7 Å². The molecule has 1 aliphatic heterocycles. The van der Waals surface area contributed by atoms with Gasteiger partial charge < -0.3 is 15.2 Å². The first-order chi connectivity index (χ1) is 12.1. The maximum Gasteiger partial charge on any atom is 0.220 e.